The topological polar surface area (TPSA) is 69.6 Å². The van der Waals surface area contributed by atoms with Crippen LogP contribution in [0, 0.1) is 5.82 Å². The van der Waals surface area contributed by atoms with Gasteiger partial charge in [0.25, 0.3) is 0 Å². The summed E-state index contributed by atoms with van der Waals surface area (Å²) >= 11 is 0. The van der Waals surface area contributed by atoms with Crippen LogP contribution in [0.3, 0.4) is 0 Å². The summed E-state index contributed by atoms with van der Waals surface area (Å²) in [5.74, 6) is -0.371. The van der Waals surface area contributed by atoms with Gasteiger partial charge >= 0.3 is 0 Å². The second-order valence-electron chi connectivity index (χ2n) is 4.34. The van der Waals surface area contributed by atoms with Gasteiger partial charge in [-0.1, -0.05) is 5.21 Å². The largest absolute Gasteiger partial charge is 0.320 e. The molecular weight excluding hydrogens is 221 g/mol. The minimum absolute atomic E-state index is 0.371. The van der Waals surface area contributed by atoms with Gasteiger partial charge in [-0.2, -0.15) is 0 Å². The lowest BCUT2D eigenvalue weighted by Gasteiger charge is -2.22. The lowest BCUT2D eigenvalue weighted by atomic mass is 9.93. The Morgan fingerprint density at radius 2 is 2.24 bits per heavy atom. The third-order valence-corrected chi connectivity index (χ3v) is 2.51. The Bertz CT molecular complexity index is 503. The molecule has 0 radical (unpaired) electrons. The zero-order chi connectivity index (χ0) is 12.5. The molecule has 1 atom stereocenters. The van der Waals surface area contributed by atoms with E-state index in [1.165, 1.54) is 6.07 Å². The molecule has 0 saturated heterocycles. The van der Waals surface area contributed by atoms with Gasteiger partial charge in [-0.05, 0) is 19.1 Å². The van der Waals surface area contributed by atoms with Crippen LogP contribution in [0.5, 0.6) is 0 Å². The fourth-order valence-corrected chi connectivity index (χ4v) is 1.66. The van der Waals surface area contributed by atoms with Crippen molar-refractivity contribution in [2.75, 3.05) is 0 Å². The van der Waals surface area contributed by atoms with E-state index in [4.69, 9.17) is 5.73 Å². The third kappa shape index (κ3) is 2.65. The van der Waals surface area contributed by atoms with E-state index in [9.17, 15) is 4.39 Å². The summed E-state index contributed by atoms with van der Waals surface area (Å²) in [7, 11) is 1.79. The molecule has 0 fully saturated rings. The van der Waals surface area contributed by atoms with Crippen LogP contribution in [0.2, 0.25) is 0 Å². The van der Waals surface area contributed by atoms with Gasteiger partial charge in [0.15, 0.2) is 0 Å². The highest BCUT2D eigenvalue weighted by Gasteiger charge is 2.24. The number of aryl methyl sites for hydroxylation is 1. The molecule has 2 N–H and O–H groups in total. The SMILES string of the molecule is Cn1cc(CC(C)(N)c2ccc(F)cn2)nn1. The molecule has 2 aromatic rings. The lowest BCUT2D eigenvalue weighted by molar-refractivity contribution is 0.467. The number of rotatable bonds is 3. The number of nitrogens with two attached hydrogens (primary N) is 1. The zero-order valence-corrected chi connectivity index (χ0v) is 9.76. The first-order chi connectivity index (χ1) is 7.97. The van der Waals surface area contributed by atoms with Crippen LogP contribution >= 0.6 is 0 Å². The van der Waals surface area contributed by atoms with Gasteiger partial charge in [0.05, 0.1) is 23.1 Å². The molecule has 0 aliphatic carbocycles. The molecule has 6 heteroatoms. The molecule has 0 aliphatic rings. The molecule has 0 aromatic carbocycles. The molecular formula is C11H14FN5. The van der Waals surface area contributed by atoms with Gasteiger partial charge in [-0.15, -0.1) is 5.10 Å². The normalized spacial score (nSPS) is 14.6. The van der Waals surface area contributed by atoms with E-state index in [0.717, 1.165) is 11.9 Å². The fraction of sp³-hybridized carbons (Fsp3) is 0.364. The van der Waals surface area contributed by atoms with Gasteiger partial charge in [-0.3, -0.25) is 9.67 Å². The van der Waals surface area contributed by atoms with Crippen molar-refractivity contribution in [1.29, 1.82) is 0 Å². The summed E-state index contributed by atoms with van der Waals surface area (Å²) in [4.78, 5) is 4.00. The third-order valence-electron chi connectivity index (χ3n) is 2.51. The molecule has 0 aliphatic heterocycles. The van der Waals surface area contributed by atoms with Crippen LogP contribution in [0.25, 0.3) is 0 Å². The van der Waals surface area contributed by atoms with Crippen molar-refractivity contribution in [2.24, 2.45) is 12.8 Å². The van der Waals surface area contributed by atoms with Gasteiger partial charge in [-0.25, -0.2) is 4.39 Å². The standard InChI is InChI=1S/C11H14FN5/c1-11(13,5-9-7-17(2)16-15-9)10-4-3-8(12)6-14-10/h3-4,6-7H,5,13H2,1-2H3. The number of nitrogens with zero attached hydrogens (tertiary/aromatic N) is 4. The van der Waals surface area contributed by atoms with E-state index in [2.05, 4.69) is 15.3 Å². The summed E-state index contributed by atoms with van der Waals surface area (Å²) < 4.78 is 14.4. The summed E-state index contributed by atoms with van der Waals surface area (Å²) in [6, 6.07) is 2.94. The molecule has 17 heavy (non-hydrogen) atoms. The molecule has 1 unspecified atom stereocenters. The Kier molecular flexibility index (Phi) is 2.89. The fourth-order valence-electron chi connectivity index (χ4n) is 1.66. The van der Waals surface area contributed by atoms with Crippen LogP contribution in [-0.2, 0) is 19.0 Å². The first-order valence-corrected chi connectivity index (χ1v) is 5.23. The van der Waals surface area contributed by atoms with Gasteiger partial charge in [0, 0.05) is 19.7 Å². The maximum atomic E-state index is 12.8. The Labute approximate surface area is 98.5 Å². The minimum atomic E-state index is -0.691. The van der Waals surface area contributed by atoms with Crippen molar-refractivity contribution in [2.45, 2.75) is 18.9 Å². The Hall–Kier alpha value is -1.82. The molecule has 90 valence electrons. The molecule has 5 nitrogen and oxygen atoms in total. The first kappa shape index (κ1) is 11.7. The first-order valence-electron chi connectivity index (χ1n) is 5.23. The van der Waals surface area contributed by atoms with Crippen molar-refractivity contribution in [3.05, 3.63) is 41.7 Å². The van der Waals surface area contributed by atoms with Gasteiger partial charge in [0.1, 0.15) is 5.82 Å². The number of aromatic nitrogens is 4. The van der Waals surface area contributed by atoms with Crippen LogP contribution in [0.1, 0.15) is 18.3 Å². The maximum absolute atomic E-state index is 12.8. The Morgan fingerprint density at radius 3 is 2.76 bits per heavy atom. The van der Waals surface area contributed by atoms with Crippen molar-refractivity contribution in [3.63, 3.8) is 0 Å². The average molecular weight is 235 g/mol. The van der Waals surface area contributed by atoms with Crippen LogP contribution in [0.4, 0.5) is 4.39 Å². The molecule has 0 saturated carbocycles. The molecule has 0 spiro atoms. The van der Waals surface area contributed by atoms with E-state index in [0.29, 0.717) is 12.1 Å². The monoisotopic (exact) mass is 235 g/mol. The summed E-state index contributed by atoms with van der Waals surface area (Å²) in [6.07, 6.45) is 3.46. The van der Waals surface area contributed by atoms with Crippen LogP contribution < -0.4 is 5.73 Å². The number of hydrogen-bond donors (Lipinski definition) is 1. The molecule has 2 heterocycles. The number of hydrogen-bond acceptors (Lipinski definition) is 4. The molecule has 2 rings (SSSR count). The van der Waals surface area contributed by atoms with Crippen molar-refractivity contribution in [3.8, 4) is 0 Å². The summed E-state index contributed by atoms with van der Waals surface area (Å²) in [5.41, 5.74) is 6.89. The van der Waals surface area contributed by atoms with Crippen molar-refractivity contribution in [1.82, 2.24) is 20.0 Å². The van der Waals surface area contributed by atoms with E-state index >= 15 is 0 Å². The number of halogens is 1. The van der Waals surface area contributed by atoms with Crippen molar-refractivity contribution >= 4 is 0 Å². The Balaban J connectivity index is 2.21. The van der Waals surface area contributed by atoms with E-state index < -0.39 is 5.54 Å². The Morgan fingerprint density at radius 1 is 1.47 bits per heavy atom. The highest BCUT2D eigenvalue weighted by molar-refractivity contribution is 5.17. The van der Waals surface area contributed by atoms with E-state index in [-0.39, 0.29) is 5.82 Å². The lowest BCUT2D eigenvalue weighted by Crippen LogP contribution is -2.36. The summed E-state index contributed by atoms with van der Waals surface area (Å²) in [6.45, 7) is 1.84. The molecule has 2 aromatic heterocycles. The van der Waals surface area contributed by atoms with Gasteiger partial charge < -0.3 is 5.73 Å². The predicted molar refractivity (Wildman–Crippen MR) is 60.4 cm³/mol. The highest BCUT2D eigenvalue weighted by atomic mass is 19.1. The van der Waals surface area contributed by atoms with E-state index in [1.807, 2.05) is 6.92 Å². The molecule has 0 bridgehead atoms. The molecule has 0 amide bonds. The number of pyridine rings is 1. The highest BCUT2D eigenvalue weighted by Crippen LogP contribution is 2.19. The zero-order valence-electron chi connectivity index (χ0n) is 9.76. The maximum Gasteiger partial charge on any atom is 0.141 e. The second kappa shape index (κ2) is 4.21. The van der Waals surface area contributed by atoms with Crippen LogP contribution in [-0.4, -0.2) is 20.0 Å². The predicted octanol–water partition coefficient (Wildman–Crippen LogP) is 0.766. The average Bonchev–Trinajstić information content (AvgIpc) is 2.63. The minimum Gasteiger partial charge on any atom is -0.320 e. The summed E-state index contributed by atoms with van der Waals surface area (Å²) in [5, 5.41) is 7.81. The second-order valence-corrected chi connectivity index (χ2v) is 4.34. The van der Waals surface area contributed by atoms with Gasteiger partial charge in [0.2, 0.25) is 0 Å². The van der Waals surface area contributed by atoms with Crippen LogP contribution in [0.15, 0.2) is 24.5 Å². The van der Waals surface area contributed by atoms with Crippen molar-refractivity contribution < 1.29 is 4.39 Å². The quantitative estimate of drug-likeness (QED) is 0.853. The smallest absolute Gasteiger partial charge is 0.141 e. The van der Waals surface area contributed by atoms with E-state index in [1.54, 1.807) is 24.0 Å².